The van der Waals surface area contributed by atoms with E-state index in [1.165, 1.54) is 18.2 Å². The van der Waals surface area contributed by atoms with Crippen molar-refractivity contribution < 1.29 is 17.6 Å². The van der Waals surface area contributed by atoms with Gasteiger partial charge in [0.15, 0.2) is 0 Å². The highest BCUT2D eigenvalue weighted by atomic mass is 35.5. The summed E-state index contributed by atoms with van der Waals surface area (Å²) in [6.07, 6.45) is 1.32. The molecule has 0 spiro atoms. The quantitative estimate of drug-likeness (QED) is 0.749. The average Bonchev–Trinajstić information content (AvgIpc) is 2.57. The van der Waals surface area contributed by atoms with E-state index in [0.717, 1.165) is 22.6 Å². The molecule has 5 nitrogen and oxygen atoms in total. The fourth-order valence-corrected chi connectivity index (χ4v) is 2.98. The van der Waals surface area contributed by atoms with Gasteiger partial charge in [-0.1, -0.05) is 41.4 Å². The number of hydrogen-bond donors (Lipinski definition) is 2. The molecule has 2 N–H and O–H groups in total. The van der Waals surface area contributed by atoms with Crippen molar-refractivity contribution in [1.82, 2.24) is 4.72 Å². The number of amides is 1. The molecule has 0 saturated carbocycles. The second kappa shape index (κ2) is 8.93. The lowest BCUT2D eigenvalue weighted by molar-refractivity contribution is -0.116. The summed E-state index contributed by atoms with van der Waals surface area (Å²) in [5.41, 5.74) is 1.81. The lowest BCUT2D eigenvalue weighted by Crippen LogP contribution is -2.26. The first kappa shape index (κ1) is 20.1. The lowest BCUT2D eigenvalue weighted by atomic mass is 10.2. The van der Waals surface area contributed by atoms with Crippen LogP contribution in [0.15, 0.2) is 47.9 Å². The third kappa shape index (κ3) is 6.59. The predicted octanol–water partition coefficient (Wildman–Crippen LogP) is 3.71. The van der Waals surface area contributed by atoms with Crippen LogP contribution in [0.3, 0.4) is 0 Å². The molecule has 138 valence electrons. The smallest absolute Gasteiger partial charge is 0.233 e. The number of aryl methyl sites for hydroxylation is 1. The number of rotatable bonds is 7. The van der Waals surface area contributed by atoms with Crippen LogP contribution in [-0.4, -0.2) is 20.9 Å². The zero-order chi connectivity index (χ0) is 19.2. The molecule has 0 unspecified atom stereocenters. The Kier molecular flexibility index (Phi) is 6.90. The van der Waals surface area contributed by atoms with E-state index in [1.54, 1.807) is 12.1 Å². The van der Waals surface area contributed by atoms with Crippen molar-refractivity contribution in [2.24, 2.45) is 0 Å². The van der Waals surface area contributed by atoms with Crippen LogP contribution in [-0.2, 0) is 14.8 Å². The molecule has 0 atom stereocenters. The van der Waals surface area contributed by atoms with E-state index in [9.17, 15) is 17.6 Å². The summed E-state index contributed by atoms with van der Waals surface area (Å²) in [7, 11) is -3.67. The summed E-state index contributed by atoms with van der Waals surface area (Å²) >= 11 is 5.63. The molecule has 0 aliphatic heterocycles. The fourth-order valence-electron chi connectivity index (χ4n) is 2.00. The number of anilines is 1. The lowest BCUT2D eigenvalue weighted by Gasteiger charge is -2.07. The van der Waals surface area contributed by atoms with Crippen LogP contribution in [0.5, 0.6) is 0 Å². The maximum Gasteiger partial charge on any atom is 0.233 e. The highest BCUT2D eigenvalue weighted by Crippen LogP contribution is 2.18. The van der Waals surface area contributed by atoms with Crippen molar-refractivity contribution in [2.45, 2.75) is 13.3 Å². The number of hydrogen-bond acceptors (Lipinski definition) is 3. The molecule has 2 rings (SSSR count). The molecule has 0 radical (unpaired) electrons. The van der Waals surface area contributed by atoms with E-state index >= 15 is 0 Å². The van der Waals surface area contributed by atoms with Crippen molar-refractivity contribution in [3.05, 3.63) is 69.8 Å². The summed E-state index contributed by atoms with van der Waals surface area (Å²) in [6, 6.07) is 11.2. The summed E-state index contributed by atoms with van der Waals surface area (Å²) in [5.74, 6) is -1.18. The number of nitrogens with one attached hydrogen (secondary N) is 2. The van der Waals surface area contributed by atoms with Gasteiger partial charge in [0.05, 0.1) is 5.69 Å². The Balaban J connectivity index is 1.83. The largest absolute Gasteiger partial charge is 0.324 e. The molecule has 0 heterocycles. The van der Waals surface area contributed by atoms with Crippen molar-refractivity contribution in [1.29, 1.82) is 0 Å². The fraction of sp³-hybridized carbons (Fsp3) is 0.167. The van der Waals surface area contributed by atoms with Gasteiger partial charge >= 0.3 is 0 Å². The van der Waals surface area contributed by atoms with Crippen molar-refractivity contribution >= 4 is 39.3 Å². The number of halogens is 2. The second-order valence-electron chi connectivity index (χ2n) is 5.58. The molecule has 26 heavy (non-hydrogen) atoms. The molecule has 0 bridgehead atoms. The molecule has 0 fully saturated rings. The van der Waals surface area contributed by atoms with Gasteiger partial charge in [-0.3, -0.25) is 4.79 Å². The topological polar surface area (TPSA) is 75.3 Å². The minimum absolute atomic E-state index is 0.0125. The zero-order valence-corrected chi connectivity index (χ0v) is 15.6. The Bertz CT molecular complexity index is 913. The van der Waals surface area contributed by atoms with Crippen molar-refractivity contribution in [3.63, 3.8) is 0 Å². The van der Waals surface area contributed by atoms with E-state index < -0.39 is 21.7 Å². The molecule has 1 amide bonds. The van der Waals surface area contributed by atoms with Gasteiger partial charge in [0.2, 0.25) is 15.9 Å². The monoisotopic (exact) mass is 396 g/mol. The predicted molar refractivity (Wildman–Crippen MR) is 102 cm³/mol. The van der Waals surface area contributed by atoms with Gasteiger partial charge in [0, 0.05) is 23.4 Å². The van der Waals surface area contributed by atoms with Crippen LogP contribution in [0.25, 0.3) is 6.08 Å². The second-order valence-corrected chi connectivity index (χ2v) is 7.66. The Morgan fingerprint density at radius 2 is 1.88 bits per heavy atom. The molecular formula is C18H18ClFN2O3S. The highest BCUT2D eigenvalue weighted by Gasteiger charge is 2.10. The van der Waals surface area contributed by atoms with E-state index in [1.807, 2.05) is 19.1 Å². The Morgan fingerprint density at radius 3 is 2.54 bits per heavy atom. The van der Waals surface area contributed by atoms with Crippen molar-refractivity contribution in [3.8, 4) is 0 Å². The van der Waals surface area contributed by atoms with E-state index in [0.29, 0.717) is 0 Å². The van der Waals surface area contributed by atoms with Crippen LogP contribution in [0.2, 0.25) is 5.02 Å². The third-order valence-corrected chi connectivity index (χ3v) is 4.71. The first-order valence-corrected chi connectivity index (χ1v) is 9.67. The Labute approximate surface area is 156 Å². The Morgan fingerprint density at radius 1 is 1.19 bits per heavy atom. The van der Waals surface area contributed by atoms with Crippen LogP contribution in [0.1, 0.15) is 17.5 Å². The van der Waals surface area contributed by atoms with Crippen LogP contribution >= 0.6 is 11.6 Å². The molecular weight excluding hydrogens is 379 g/mol. The molecule has 2 aromatic rings. The normalized spacial score (nSPS) is 11.7. The van der Waals surface area contributed by atoms with Crippen LogP contribution in [0, 0.1) is 12.7 Å². The molecule has 8 heteroatoms. The maximum absolute atomic E-state index is 13.6. The van der Waals surface area contributed by atoms with E-state index in [2.05, 4.69) is 10.0 Å². The van der Waals surface area contributed by atoms with E-state index in [-0.39, 0.29) is 23.7 Å². The molecule has 0 saturated heterocycles. The Hall–Kier alpha value is -2.22. The number of carbonyl (C=O) groups is 1. The first-order valence-electron chi connectivity index (χ1n) is 7.74. The SMILES string of the molecule is Cc1ccc(/C=C/S(=O)(=O)NCCC(=O)Nc2ccc(Cl)cc2F)cc1. The number of carbonyl (C=O) groups excluding carboxylic acids is 1. The number of sulfonamides is 1. The van der Waals surface area contributed by atoms with Gasteiger partial charge in [0.1, 0.15) is 5.82 Å². The van der Waals surface area contributed by atoms with Crippen LogP contribution in [0.4, 0.5) is 10.1 Å². The van der Waals surface area contributed by atoms with Gasteiger partial charge < -0.3 is 5.32 Å². The summed E-state index contributed by atoms with van der Waals surface area (Å²) in [5, 5.41) is 3.61. The van der Waals surface area contributed by atoms with Gasteiger partial charge in [-0.2, -0.15) is 0 Å². The zero-order valence-electron chi connectivity index (χ0n) is 14.0. The van der Waals surface area contributed by atoms with Crippen molar-refractivity contribution in [2.75, 3.05) is 11.9 Å². The third-order valence-electron chi connectivity index (χ3n) is 3.38. The minimum atomic E-state index is -3.67. The van der Waals surface area contributed by atoms with Gasteiger partial charge in [-0.15, -0.1) is 0 Å². The minimum Gasteiger partial charge on any atom is -0.324 e. The average molecular weight is 397 g/mol. The van der Waals surface area contributed by atoms with Gasteiger partial charge in [0.25, 0.3) is 0 Å². The van der Waals surface area contributed by atoms with Gasteiger partial charge in [-0.25, -0.2) is 17.5 Å². The standard InChI is InChI=1S/C18H18ClFN2O3S/c1-13-2-4-14(5-3-13)9-11-26(24,25)21-10-8-18(23)22-17-7-6-15(19)12-16(17)20/h2-7,9,11-12,21H,8,10H2,1H3,(H,22,23)/b11-9+. The molecule has 2 aromatic carbocycles. The summed E-state index contributed by atoms with van der Waals surface area (Å²) < 4.78 is 39.7. The highest BCUT2D eigenvalue weighted by molar-refractivity contribution is 7.92. The summed E-state index contributed by atoms with van der Waals surface area (Å²) in [4.78, 5) is 11.8. The molecule has 0 aliphatic carbocycles. The first-order chi connectivity index (χ1) is 12.2. The van der Waals surface area contributed by atoms with Crippen LogP contribution < -0.4 is 10.0 Å². The number of benzene rings is 2. The summed E-state index contributed by atoms with van der Waals surface area (Å²) in [6.45, 7) is 1.83. The molecule has 0 aliphatic rings. The maximum atomic E-state index is 13.6. The van der Waals surface area contributed by atoms with Gasteiger partial charge in [-0.05, 0) is 36.8 Å². The molecule has 0 aromatic heterocycles. The van der Waals surface area contributed by atoms with E-state index in [4.69, 9.17) is 11.6 Å².